The smallest absolute Gasteiger partial charge is 0.0914 e. The summed E-state index contributed by atoms with van der Waals surface area (Å²) in [5.41, 5.74) is 4.52. The van der Waals surface area contributed by atoms with Crippen LogP contribution in [-0.4, -0.2) is 11.5 Å². The van der Waals surface area contributed by atoms with Crippen molar-refractivity contribution in [2.24, 2.45) is 0 Å². The number of hydrogen-bond acceptors (Lipinski definition) is 2. The Kier molecular flexibility index (Phi) is 2.90. The number of hydrogen-bond donors (Lipinski definition) is 1. The number of nitrogens with one attached hydrogen (secondary N) is 1. The summed E-state index contributed by atoms with van der Waals surface area (Å²) < 4.78 is 0. The minimum atomic E-state index is 0.642. The Balaban J connectivity index is 2.29. The number of aromatic nitrogens is 1. The van der Waals surface area contributed by atoms with Crippen LogP contribution >= 0.6 is 11.6 Å². The first-order chi connectivity index (χ1) is 8.70. The van der Waals surface area contributed by atoms with E-state index >= 15 is 0 Å². The normalized spacial score (nSPS) is 15.1. The highest BCUT2D eigenvalue weighted by Crippen LogP contribution is 2.42. The number of aryl methyl sites for hydroxylation is 1. The molecular formula is C15H17ClN2. The Morgan fingerprint density at radius 2 is 2.17 bits per heavy atom. The number of benzene rings is 1. The van der Waals surface area contributed by atoms with Gasteiger partial charge in [-0.2, -0.15) is 0 Å². The summed E-state index contributed by atoms with van der Waals surface area (Å²) in [7, 11) is 0. The second-order valence-corrected chi connectivity index (χ2v) is 5.39. The molecule has 0 amide bonds. The third kappa shape index (κ3) is 1.95. The van der Waals surface area contributed by atoms with E-state index in [0.29, 0.717) is 5.92 Å². The van der Waals surface area contributed by atoms with Crippen LogP contribution in [0.25, 0.3) is 10.9 Å². The van der Waals surface area contributed by atoms with Gasteiger partial charge in [0.15, 0.2) is 0 Å². The molecular weight excluding hydrogens is 244 g/mol. The number of pyridine rings is 1. The van der Waals surface area contributed by atoms with Gasteiger partial charge < -0.3 is 5.32 Å². The van der Waals surface area contributed by atoms with Crippen LogP contribution in [0.15, 0.2) is 18.2 Å². The second-order valence-electron chi connectivity index (χ2n) is 4.99. The molecule has 1 saturated carbocycles. The van der Waals surface area contributed by atoms with Crippen LogP contribution in [0.4, 0.5) is 5.69 Å². The summed E-state index contributed by atoms with van der Waals surface area (Å²) in [6.45, 7) is 5.14. The van der Waals surface area contributed by atoms with Crippen molar-refractivity contribution in [3.8, 4) is 0 Å². The Bertz CT molecular complexity index is 603. The molecule has 1 fully saturated rings. The Labute approximate surface area is 112 Å². The summed E-state index contributed by atoms with van der Waals surface area (Å²) >= 11 is 6.31. The summed E-state index contributed by atoms with van der Waals surface area (Å²) in [5.74, 6) is 0.642. The highest BCUT2D eigenvalue weighted by Gasteiger charge is 2.26. The van der Waals surface area contributed by atoms with Crippen LogP contribution in [0.3, 0.4) is 0 Å². The molecule has 0 atom stereocenters. The van der Waals surface area contributed by atoms with Gasteiger partial charge in [0, 0.05) is 29.2 Å². The average Bonchev–Trinajstić information content (AvgIpc) is 3.18. The molecule has 0 saturated heterocycles. The number of nitrogens with zero attached hydrogens (tertiary/aromatic N) is 1. The minimum absolute atomic E-state index is 0.642. The van der Waals surface area contributed by atoms with E-state index in [9.17, 15) is 0 Å². The van der Waals surface area contributed by atoms with Crippen molar-refractivity contribution >= 4 is 28.2 Å². The number of rotatable bonds is 3. The Morgan fingerprint density at radius 1 is 1.39 bits per heavy atom. The zero-order chi connectivity index (χ0) is 12.7. The molecule has 1 heterocycles. The molecule has 18 heavy (non-hydrogen) atoms. The van der Waals surface area contributed by atoms with Crippen LogP contribution in [0.1, 0.15) is 36.9 Å². The molecule has 1 aliphatic rings. The molecule has 1 aromatic carbocycles. The number of halogens is 1. The minimum Gasteiger partial charge on any atom is -0.385 e. The van der Waals surface area contributed by atoms with Gasteiger partial charge in [0.1, 0.15) is 0 Å². The van der Waals surface area contributed by atoms with Gasteiger partial charge in [0.2, 0.25) is 0 Å². The van der Waals surface area contributed by atoms with Gasteiger partial charge in [0.25, 0.3) is 0 Å². The maximum absolute atomic E-state index is 6.31. The van der Waals surface area contributed by atoms with Gasteiger partial charge >= 0.3 is 0 Å². The first-order valence-electron chi connectivity index (χ1n) is 6.54. The van der Waals surface area contributed by atoms with Crippen molar-refractivity contribution in [1.29, 1.82) is 0 Å². The van der Waals surface area contributed by atoms with Crippen molar-refractivity contribution in [3.63, 3.8) is 0 Å². The molecule has 3 rings (SSSR count). The van der Waals surface area contributed by atoms with E-state index in [2.05, 4.69) is 31.3 Å². The monoisotopic (exact) mass is 260 g/mol. The first kappa shape index (κ1) is 11.8. The lowest BCUT2D eigenvalue weighted by Gasteiger charge is -2.13. The molecule has 2 nitrogen and oxygen atoms in total. The predicted octanol–water partition coefficient (Wildman–Crippen LogP) is 4.51. The first-order valence-corrected chi connectivity index (χ1v) is 6.92. The van der Waals surface area contributed by atoms with E-state index in [1.54, 1.807) is 0 Å². The van der Waals surface area contributed by atoms with Crippen molar-refractivity contribution in [2.75, 3.05) is 11.9 Å². The van der Waals surface area contributed by atoms with E-state index in [-0.39, 0.29) is 0 Å². The fraction of sp³-hybridized carbons (Fsp3) is 0.400. The van der Waals surface area contributed by atoms with E-state index < -0.39 is 0 Å². The highest BCUT2D eigenvalue weighted by molar-refractivity contribution is 6.35. The summed E-state index contributed by atoms with van der Waals surface area (Å²) in [5, 5.41) is 5.35. The van der Waals surface area contributed by atoms with E-state index in [1.165, 1.54) is 29.8 Å². The van der Waals surface area contributed by atoms with Crippen molar-refractivity contribution in [2.45, 2.75) is 32.6 Å². The zero-order valence-corrected chi connectivity index (χ0v) is 11.5. The quantitative estimate of drug-likeness (QED) is 0.879. The van der Waals surface area contributed by atoms with Gasteiger partial charge in [-0.3, -0.25) is 4.98 Å². The van der Waals surface area contributed by atoms with Crippen molar-refractivity contribution in [3.05, 3.63) is 34.5 Å². The van der Waals surface area contributed by atoms with Crippen LogP contribution < -0.4 is 5.32 Å². The third-order valence-electron chi connectivity index (χ3n) is 3.50. The fourth-order valence-corrected chi connectivity index (χ4v) is 2.62. The maximum atomic E-state index is 6.31. The van der Waals surface area contributed by atoms with Gasteiger partial charge in [0.05, 0.1) is 10.5 Å². The average molecular weight is 261 g/mol. The van der Waals surface area contributed by atoms with E-state index in [0.717, 1.165) is 22.5 Å². The lowest BCUT2D eigenvalue weighted by Crippen LogP contribution is -2.01. The molecule has 2 aromatic rings. The van der Waals surface area contributed by atoms with Crippen molar-refractivity contribution in [1.82, 2.24) is 4.98 Å². The topological polar surface area (TPSA) is 24.9 Å². The Hall–Kier alpha value is -1.28. The summed E-state index contributed by atoms with van der Waals surface area (Å²) in [6, 6.07) is 6.20. The fourth-order valence-electron chi connectivity index (χ4n) is 2.42. The van der Waals surface area contributed by atoms with Crippen molar-refractivity contribution < 1.29 is 0 Å². The van der Waals surface area contributed by atoms with E-state index in [4.69, 9.17) is 16.6 Å². The molecule has 0 radical (unpaired) electrons. The molecule has 94 valence electrons. The van der Waals surface area contributed by atoms with Crippen LogP contribution in [0, 0.1) is 6.92 Å². The molecule has 0 unspecified atom stereocenters. The third-order valence-corrected chi connectivity index (χ3v) is 3.81. The molecule has 1 aliphatic carbocycles. The highest BCUT2D eigenvalue weighted by atomic mass is 35.5. The molecule has 1 N–H and O–H groups in total. The van der Waals surface area contributed by atoms with Gasteiger partial charge in [-0.1, -0.05) is 17.7 Å². The zero-order valence-electron chi connectivity index (χ0n) is 10.8. The molecule has 0 bridgehead atoms. The van der Waals surface area contributed by atoms with Gasteiger partial charge in [-0.05, 0) is 44.4 Å². The van der Waals surface area contributed by atoms with Crippen LogP contribution in [0.2, 0.25) is 5.02 Å². The maximum Gasteiger partial charge on any atom is 0.0914 e. The summed E-state index contributed by atoms with van der Waals surface area (Å²) in [6.07, 6.45) is 2.51. The largest absolute Gasteiger partial charge is 0.385 e. The molecule has 0 spiro atoms. The van der Waals surface area contributed by atoms with Gasteiger partial charge in [-0.15, -0.1) is 0 Å². The van der Waals surface area contributed by atoms with Gasteiger partial charge in [-0.25, -0.2) is 0 Å². The Morgan fingerprint density at radius 3 is 2.83 bits per heavy atom. The van der Waals surface area contributed by atoms with Crippen LogP contribution in [-0.2, 0) is 0 Å². The molecule has 1 aromatic heterocycles. The summed E-state index contributed by atoms with van der Waals surface area (Å²) in [4.78, 5) is 4.77. The number of anilines is 1. The lowest BCUT2D eigenvalue weighted by molar-refractivity contribution is 1.04. The SMILES string of the molecule is CCNc1cc(C2CC2)nc2c(Cl)ccc(C)c12. The molecule has 0 aliphatic heterocycles. The molecule has 3 heteroatoms. The van der Waals surface area contributed by atoms with Crippen LogP contribution in [0.5, 0.6) is 0 Å². The standard InChI is InChI=1S/C15H17ClN2/c1-3-17-13-8-12(10-5-6-10)18-15-11(16)7-4-9(2)14(13)15/h4,7-8,10H,3,5-6H2,1-2H3,(H,17,18). The predicted molar refractivity (Wildman–Crippen MR) is 77.6 cm³/mol. The second kappa shape index (κ2) is 4.43. The lowest BCUT2D eigenvalue weighted by atomic mass is 10.1. The van der Waals surface area contributed by atoms with E-state index in [1.807, 2.05) is 6.07 Å². The number of fused-ring (bicyclic) bond motifs is 1.